The van der Waals surface area contributed by atoms with E-state index in [-0.39, 0.29) is 0 Å². The van der Waals surface area contributed by atoms with E-state index in [0.717, 1.165) is 31.0 Å². The molecule has 0 heterocycles. The zero-order valence-electron chi connectivity index (χ0n) is 8.68. The summed E-state index contributed by atoms with van der Waals surface area (Å²) in [5.74, 6) is 1.62. The Morgan fingerprint density at radius 3 is 2.25 bits per heavy atom. The van der Waals surface area contributed by atoms with E-state index in [1.165, 1.54) is 19.3 Å². The highest BCUT2D eigenvalue weighted by atomic mass is 16.1. The molecule has 1 heteroatoms. The van der Waals surface area contributed by atoms with Crippen LogP contribution in [0.4, 0.5) is 0 Å². The van der Waals surface area contributed by atoms with Crippen LogP contribution in [0, 0.1) is 11.8 Å². The molecule has 0 saturated carbocycles. The van der Waals surface area contributed by atoms with Gasteiger partial charge in [-0.3, -0.25) is 0 Å². The molecule has 1 nitrogen and oxygen atoms in total. The van der Waals surface area contributed by atoms with Crippen LogP contribution in [0.25, 0.3) is 0 Å². The van der Waals surface area contributed by atoms with Crippen LogP contribution in [0.1, 0.15) is 52.9 Å². The summed E-state index contributed by atoms with van der Waals surface area (Å²) < 4.78 is 0. The lowest BCUT2D eigenvalue weighted by Crippen LogP contribution is -1.98. The normalized spacial score (nSPS) is 13.3. The van der Waals surface area contributed by atoms with Gasteiger partial charge in [-0.05, 0) is 18.3 Å². The van der Waals surface area contributed by atoms with Crippen molar-refractivity contribution in [2.24, 2.45) is 11.8 Å². The van der Waals surface area contributed by atoms with Crippen LogP contribution in [0.5, 0.6) is 0 Å². The van der Waals surface area contributed by atoms with Gasteiger partial charge in [0.05, 0.1) is 0 Å². The molecule has 0 aliphatic rings. The molecule has 0 N–H and O–H groups in total. The van der Waals surface area contributed by atoms with Crippen molar-refractivity contribution >= 4 is 6.29 Å². The van der Waals surface area contributed by atoms with Crippen molar-refractivity contribution in [3.63, 3.8) is 0 Å². The molecule has 0 aromatic carbocycles. The highest BCUT2D eigenvalue weighted by Crippen LogP contribution is 2.16. The van der Waals surface area contributed by atoms with E-state index in [2.05, 4.69) is 20.8 Å². The molecule has 0 spiro atoms. The minimum absolute atomic E-state index is 0.742. The molecule has 0 aliphatic carbocycles. The van der Waals surface area contributed by atoms with E-state index in [4.69, 9.17) is 0 Å². The SMILES string of the molecule is CC(C)CCC(C)CCCC=O. The lowest BCUT2D eigenvalue weighted by Gasteiger charge is -2.11. The van der Waals surface area contributed by atoms with Gasteiger partial charge < -0.3 is 4.79 Å². The lowest BCUT2D eigenvalue weighted by molar-refractivity contribution is -0.107. The average Bonchev–Trinajstić information content (AvgIpc) is 2.01. The highest BCUT2D eigenvalue weighted by molar-refractivity contribution is 5.48. The second-order valence-electron chi connectivity index (χ2n) is 4.17. The largest absolute Gasteiger partial charge is 0.303 e. The Balaban J connectivity index is 3.21. The second kappa shape index (κ2) is 7.33. The molecular formula is C11H22O. The van der Waals surface area contributed by atoms with E-state index in [1.54, 1.807) is 0 Å². The number of hydrogen-bond donors (Lipinski definition) is 0. The summed E-state index contributed by atoms with van der Waals surface area (Å²) >= 11 is 0. The Bertz CT molecular complexity index is 108. The number of carbonyl (C=O) groups excluding carboxylic acids is 1. The molecule has 0 aromatic rings. The van der Waals surface area contributed by atoms with Gasteiger partial charge in [-0.15, -0.1) is 0 Å². The van der Waals surface area contributed by atoms with Gasteiger partial charge in [0.2, 0.25) is 0 Å². The summed E-state index contributed by atoms with van der Waals surface area (Å²) in [6.07, 6.45) is 6.69. The van der Waals surface area contributed by atoms with E-state index in [1.807, 2.05) is 0 Å². The monoisotopic (exact) mass is 170 g/mol. The van der Waals surface area contributed by atoms with Gasteiger partial charge >= 0.3 is 0 Å². The summed E-state index contributed by atoms with van der Waals surface area (Å²) in [6.45, 7) is 6.81. The minimum Gasteiger partial charge on any atom is -0.303 e. The zero-order chi connectivity index (χ0) is 9.40. The van der Waals surface area contributed by atoms with Crippen LogP contribution in [0.2, 0.25) is 0 Å². The van der Waals surface area contributed by atoms with E-state index in [0.29, 0.717) is 0 Å². The number of carbonyl (C=O) groups is 1. The fourth-order valence-electron chi connectivity index (χ4n) is 1.31. The molecule has 1 atom stereocenters. The van der Waals surface area contributed by atoms with Crippen molar-refractivity contribution < 1.29 is 4.79 Å². The third-order valence-corrected chi connectivity index (χ3v) is 2.26. The van der Waals surface area contributed by atoms with Gasteiger partial charge in [0, 0.05) is 6.42 Å². The maximum atomic E-state index is 10.1. The molecule has 0 amide bonds. The van der Waals surface area contributed by atoms with Crippen molar-refractivity contribution in [1.82, 2.24) is 0 Å². The van der Waals surface area contributed by atoms with Gasteiger partial charge in [-0.2, -0.15) is 0 Å². The summed E-state index contributed by atoms with van der Waals surface area (Å²) in [6, 6.07) is 0. The molecule has 0 bridgehead atoms. The summed E-state index contributed by atoms with van der Waals surface area (Å²) in [5, 5.41) is 0. The first-order valence-electron chi connectivity index (χ1n) is 5.10. The maximum Gasteiger partial charge on any atom is 0.119 e. The van der Waals surface area contributed by atoms with Crippen molar-refractivity contribution in [1.29, 1.82) is 0 Å². The van der Waals surface area contributed by atoms with Gasteiger partial charge in [-0.25, -0.2) is 0 Å². The van der Waals surface area contributed by atoms with Gasteiger partial charge in [0.1, 0.15) is 6.29 Å². The topological polar surface area (TPSA) is 17.1 Å². The molecule has 72 valence electrons. The summed E-state index contributed by atoms with van der Waals surface area (Å²) in [4.78, 5) is 10.1. The van der Waals surface area contributed by atoms with Crippen molar-refractivity contribution in [3.05, 3.63) is 0 Å². The van der Waals surface area contributed by atoms with Crippen molar-refractivity contribution in [2.75, 3.05) is 0 Å². The first-order valence-corrected chi connectivity index (χ1v) is 5.10. The third-order valence-electron chi connectivity index (χ3n) is 2.26. The van der Waals surface area contributed by atoms with E-state index in [9.17, 15) is 4.79 Å². The number of aldehydes is 1. The molecule has 0 aromatic heterocycles. The third kappa shape index (κ3) is 7.77. The number of unbranched alkanes of at least 4 members (excludes halogenated alkanes) is 1. The van der Waals surface area contributed by atoms with Crippen molar-refractivity contribution in [3.8, 4) is 0 Å². The van der Waals surface area contributed by atoms with E-state index < -0.39 is 0 Å². The first-order chi connectivity index (χ1) is 5.66. The minimum atomic E-state index is 0.742. The molecule has 0 saturated heterocycles. The Morgan fingerprint density at radius 2 is 1.75 bits per heavy atom. The van der Waals surface area contributed by atoms with Gasteiger partial charge in [0.15, 0.2) is 0 Å². The molecule has 1 unspecified atom stereocenters. The van der Waals surface area contributed by atoms with Crippen LogP contribution >= 0.6 is 0 Å². The Labute approximate surface area is 76.6 Å². The number of hydrogen-bond acceptors (Lipinski definition) is 1. The summed E-state index contributed by atoms with van der Waals surface area (Å²) in [5.41, 5.74) is 0. The van der Waals surface area contributed by atoms with Gasteiger partial charge in [0.25, 0.3) is 0 Å². The fraction of sp³-hybridized carbons (Fsp3) is 0.909. The standard InChI is InChI=1S/C11H22O/c1-10(2)7-8-11(3)6-4-5-9-12/h9-11H,4-8H2,1-3H3. The smallest absolute Gasteiger partial charge is 0.119 e. The Kier molecular flexibility index (Phi) is 7.12. The Morgan fingerprint density at radius 1 is 1.08 bits per heavy atom. The molecule has 0 rings (SSSR count). The van der Waals surface area contributed by atoms with Crippen LogP contribution in [-0.4, -0.2) is 6.29 Å². The van der Waals surface area contributed by atoms with E-state index >= 15 is 0 Å². The molecule has 0 aliphatic heterocycles. The van der Waals surface area contributed by atoms with Crippen molar-refractivity contribution in [2.45, 2.75) is 52.9 Å². The molecule has 0 radical (unpaired) electrons. The Hall–Kier alpha value is -0.330. The number of rotatable bonds is 7. The summed E-state index contributed by atoms with van der Waals surface area (Å²) in [7, 11) is 0. The van der Waals surface area contributed by atoms with Crippen LogP contribution in [0.3, 0.4) is 0 Å². The highest BCUT2D eigenvalue weighted by Gasteiger charge is 2.02. The quantitative estimate of drug-likeness (QED) is 0.422. The first kappa shape index (κ1) is 11.7. The predicted molar refractivity (Wildman–Crippen MR) is 53.2 cm³/mol. The van der Waals surface area contributed by atoms with Gasteiger partial charge in [-0.1, -0.05) is 40.0 Å². The van der Waals surface area contributed by atoms with Crippen LogP contribution < -0.4 is 0 Å². The second-order valence-corrected chi connectivity index (χ2v) is 4.17. The predicted octanol–water partition coefficient (Wildman–Crippen LogP) is 3.43. The molecule has 12 heavy (non-hydrogen) atoms. The lowest BCUT2D eigenvalue weighted by atomic mass is 9.95. The maximum absolute atomic E-state index is 10.1. The van der Waals surface area contributed by atoms with Crippen LogP contribution in [-0.2, 0) is 4.79 Å². The fourth-order valence-corrected chi connectivity index (χ4v) is 1.31. The van der Waals surface area contributed by atoms with Crippen LogP contribution in [0.15, 0.2) is 0 Å². The zero-order valence-corrected chi connectivity index (χ0v) is 8.68. The average molecular weight is 170 g/mol. The molecule has 0 fully saturated rings. The molecular weight excluding hydrogens is 148 g/mol.